The number of carboxylic acids is 1. The molecular weight excluding hydrogens is 390 g/mol. The van der Waals surface area contributed by atoms with E-state index in [0.29, 0.717) is 19.4 Å². The van der Waals surface area contributed by atoms with E-state index in [4.69, 9.17) is 5.11 Å². The molecule has 0 bridgehead atoms. The number of anilines is 1. The quantitative estimate of drug-likeness (QED) is 0.481. The van der Waals surface area contributed by atoms with E-state index in [9.17, 15) is 24.0 Å². The number of carboxylic acid groups (broad SMARTS) is 1. The summed E-state index contributed by atoms with van der Waals surface area (Å²) in [7, 11) is 1.48. The Bertz CT molecular complexity index is 875. The Balaban J connectivity index is 1.73. The van der Waals surface area contributed by atoms with Crippen LogP contribution < -0.4 is 10.2 Å². The number of nitrogens with zero attached hydrogens (tertiary/aromatic N) is 2. The number of fused-ring (bicyclic) bond motifs is 1. The molecule has 3 rings (SSSR count). The summed E-state index contributed by atoms with van der Waals surface area (Å²) < 4.78 is 0. The highest BCUT2D eigenvalue weighted by Gasteiger charge is 2.40. The fourth-order valence-corrected chi connectivity index (χ4v) is 4.05. The van der Waals surface area contributed by atoms with E-state index < -0.39 is 23.8 Å². The summed E-state index contributed by atoms with van der Waals surface area (Å²) in [6.45, 7) is 1.34. The summed E-state index contributed by atoms with van der Waals surface area (Å²) >= 11 is 0. The average Bonchev–Trinajstić information content (AvgIpc) is 2.99. The highest BCUT2D eigenvalue weighted by molar-refractivity contribution is 6.22. The zero-order valence-electron chi connectivity index (χ0n) is 16.8. The number of hydrogen-bond acceptors (Lipinski definition) is 6. The molecule has 0 aliphatic carbocycles. The van der Waals surface area contributed by atoms with E-state index >= 15 is 0 Å². The standard InChI is InChI=1S/C21H25N3O6/c1-22-18(26)5-3-15(12-25)24-20(29)16-4-2-14(11-17(16)21(24)30)23-8-6-13(7-9-23)10-19(27)28/h2,4,11-13,15H,3,5-10H2,1H3,(H,22,26)(H,27,28). The van der Waals surface area contributed by atoms with Crippen LogP contribution >= 0.6 is 0 Å². The molecule has 1 saturated heterocycles. The Labute approximate surface area is 174 Å². The predicted octanol–water partition coefficient (Wildman–Crippen LogP) is 1.07. The van der Waals surface area contributed by atoms with Gasteiger partial charge >= 0.3 is 5.97 Å². The Hall–Kier alpha value is -3.23. The Morgan fingerprint density at radius 2 is 1.87 bits per heavy atom. The third-order valence-electron chi connectivity index (χ3n) is 5.78. The van der Waals surface area contributed by atoms with Crippen molar-refractivity contribution in [2.24, 2.45) is 5.92 Å². The van der Waals surface area contributed by atoms with Crippen LogP contribution in [0, 0.1) is 5.92 Å². The van der Waals surface area contributed by atoms with Gasteiger partial charge in [0.05, 0.1) is 17.2 Å². The summed E-state index contributed by atoms with van der Waals surface area (Å²) in [6.07, 6.45) is 2.27. The zero-order chi connectivity index (χ0) is 21.8. The molecule has 1 aromatic rings. The molecule has 160 valence electrons. The number of piperidine rings is 1. The van der Waals surface area contributed by atoms with E-state index in [1.807, 2.05) is 0 Å². The monoisotopic (exact) mass is 415 g/mol. The van der Waals surface area contributed by atoms with Gasteiger partial charge in [-0.1, -0.05) is 0 Å². The van der Waals surface area contributed by atoms with Crippen molar-refractivity contribution in [2.75, 3.05) is 25.0 Å². The smallest absolute Gasteiger partial charge is 0.303 e. The van der Waals surface area contributed by atoms with Gasteiger partial charge in [-0.05, 0) is 43.4 Å². The second kappa shape index (κ2) is 9.06. The lowest BCUT2D eigenvalue weighted by Gasteiger charge is -2.33. The van der Waals surface area contributed by atoms with Gasteiger partial charge < -0.3 is 20.1 Å². The van der Waals surface area contributed by atoms with E-state index in [1.54, 1.807) is 18.2 Å². The molecule has 0 saturated carbocycles. The SMILES string of the molecule is CNC(=O)CCC(C=O)N1C(=O)c2ccc(N3CCC(CC(=O)O)CC3)cc2C1=O. The lowest BCUT2D eigenvalue weighted by atomic mass is 9.93. The maximum Gasteiger partial charge on any atom is 0.303 e. The third-order valence-corrected chi connectivity index (χ3v) is 5.78. The van der Waals surface area contributed by atoms with E-state index in [2.05, 4.69) is 10.2 Å². The van der Waals surface area contributed by atoms with Gasteiger partial charge in [0, 0.05) is 38.7 Å². The summed E-state index contributed by atoms with van der Waals surface area (Å²) in [5.74, 6) is -1.99. The Kier molecular flexibility index (Phi) is 6.49. The number of amides is 3. The van der Waals surface area contributed by atoms with Gasteiger partial charge in [0.25, 0.3) is 11.8 Å². The molecule has 3 amide bonds. The molecule has 1 atom stereocenters. The lowest BCUT2D eigenvalue weighted by molar-refractivity contribution is -0.138. The van der Waals surface area contributed by atoms with Crippen molar-refractivity contribution in [3.8, 4) is 0 Å². The van der Waals surface area contributed by atoms with Crippen molar-refractivity contribution in [2.45, 2.75) is 38.1 Å². The van der Waals surface area contributed by atoms with Crippen LogP contribution in [0.4, 0.5) is 5.69 Å². The number of imide groups is 1. The second-order valence-corrected chi connectivity index (χ2v) is 7.65. The minimum absolute atomic E-state index is 0.0316. The fourth-order valence-electron chi connectivity index (χ4n) is 4.05. The van der Waals surface area contributed by atoms with Crippen molar-refractivity contribution < 1.29 is 29.1 Å². The predicted molar refractivity (Wildman–Crippen MR) is 107 cm³/mol. The van der Waals surface area contributed by atoms with Crippen LogP contribution in [0.25, 0.3) is 0 Å². The highest BCUT2D eigenvalue weighted by Crippen LogP contribution is 2.31. The van der Waals surface area contributed by atoms with Gasteiger partial charge in [-0.3, -0.25) is 24.1 Å². The molecule has 2 aliphatic rings. The largest absolute Gasteiger partial charge is 0.481 e. The summed E-state index contributed by atoms with van der Waals surface area (Å²) in [6, 6.07) is 4.03. The van der Waals surface area contributed by atoms with Gasteiger partial charge in [0.15, 0.2) is 0 Å². The third kappa shape index (κ3) is 4.34. The number of hydrogen-bond donors (Lipinski definition) is 2. The van der Waals surface area contributed by atoms with Crippen molar-refractivity contribution in [3.63, 3.8) is 0 Å². The minimum Gasteiger partial charge on any atom is -0.481 e. The molecule has 1 unspecified atom stereocenters. The van der Waals surface area contributed by atoms with Crippen LogP contribution in [0.1, 0.15) is 52.8 Å². The topological polar surface area (TPSA) is 124 Å². The lowest BCUT2D eigenvalue weighted by Crippen LogP contribution is -2.41. The van der Waals surface area contributed by atoms with Gasteiger partial charge in [-0.25, -0.2) is 0 Å². The summed E-state index contributed by atoms with van der Waals surface area (Å²) in [4.78, 5) is 62.5. The van der Waals surface area contributed by atoms with Crippen molar-refractivity contribution in [1.82, 2.24) is 10.2 Å². The molecule has 2 N–H and O–H groups in total. The van der Waals surface area contributed by atoms with Crippen LogP contribution in [0.15, 0.2) is 18.2 Å². The molecule has 1 fully saturated rings. The van der Waals surface area contributed by atoms with Crippen LogP contribution in [0.2, 0.25) is 0 Å². The average molecular weight is 415 g/mol. The number of carbonyl (C=O) groups excluding carboxylic acids is 4. The molecule has 0 aromatic heterocycles. The summed E-state index contributed by atoms with van der Waals surface area (Å²) in [5.41, 5.74) is 1.28. The van der Waals surface area contributed by atoms with E-state index in [1.165, 1.54) is 7.05 Å². The first-order chi connectivity index (χ1) is 14.3. The Morgan fingerprint density at radius 3 is 2.47 bits per heavy atom. The van der Waals surface area contributed by atoms with Crippen molar-refractivity contribution >= 4 is 35.7 Å². The molecule has 0 radical (unpaired) electrons. The van der Waals surface area contributed by atoms with Crippen molar-refractivity contribution in [3.05, 3.63) is 29.3 Å². The molecule has 1 aromatic carbocycles. The van der Waals surface area contributed by atoms with Gasteiger partial charge in [-0.2, -0.15) is 0 Å². The number of aldehydes is 1. The first-order valence-electron chi connectivity index (χ1n) is 10.00. The normalized spacial score (nSPS) is 17.6. The number of aliphatic carboxylic acids is 1. The second-order valence-electron chi connectivity index (χ2n) is 7.65. The molecule has 2 heterocycles. The number of carbonyl (C=O) groups is 5. The van der Waals surface area contributed by atoms with Gasteiger partial charge in [0.1, 0.15) is 6.29 Å². The molecule has 9 heteroatoms. The molecule has 9 nitrogen and oxygen atoms in total. The van der Waals surface area contributed by atoms with Crippen LogP contribution in [0.5, 0.6) is 0 Å². The first-order valence-corrected chi connectivity index (χ1v) is 10.00. The van der Waals surface area contributed by atoms with Crippen LogP contribution in [-0.4, -0.2) is 66.2 Å². The molecule has 2 aliphatic heterocycles. The molecular formula is C21H25N3O6. The van der Waals surface area contributed by atoms with Crippen molar-refractivity contribution in [1.29, 1.82) is 0 Å². The van der Waals surface area contributed by atoms with Crippen LogP contribution in [0.3, 0.4) is 0 Å². The number of nitrogens with one attached hydrogen (secondary N) is 1. The number of rotatable bonds is 8. The fraction of sp³-hybridized carbons (Fsp3) is 0.476. The maximum atomic E-state index is 12.9. The van der Waals surface area contributed by atoms with E-state index in [-0.39, 0.29) is 42.2 Å². The highest BCUT2D eigenvalue weighted by atomic mass is 16.4. The molecule has 0 spiro atoms. The van der Waals surface area contributed by atoms with E-state index in [0.717, 1.165) is 23.4 Å². The Morgan fingerprint density at radius 1 is 1.20 bits per heavy atom. The number of benzene rings is 1. The maximum absolute atomic E-state index is 12.9. The first kappa shape index (κ1) is 21.5. The summed E-state index contributed by atoms with van der Waals surface area (Å²) in [5, 5.41) is 11.4. The zero-order valence-corrected chi connectivity index (χ0v) is 16.8. The van der Waals surface area contributed by atoms with Gasteiger partial charge in [-0.15, -0.1) is 0 Å². The van der Waals surface area contributed by atoms with Gasteiger partial charge in [0.2, 0.25) is 5.91 Å². The minimum atomic E-state index is -0.995. The van der Waals surface area contributed by atoms with Crippen LogP contribution in [-0.2, 0) is 14.4 Å². The molecule has 30 heavy (non-hydrogen) atoms.